The van der Waals surface area contributed by atoms with Crippen molar-refractivity contribution >= 4 is 5.78 Å². The number of hydrogen-bond acceptors (Lipinski definition) is 3. The second kappa shape index (κ2) is 4.01. The standard InChI is InChI=1S/C8H16N2O/c1-7(11)8(10(4)5)6-9(2)3/h6H,1-5H3/b8-6-. The molecule has 0 spiro atoms. The molecule has 0 aliphatic rings. The van der Waals surface area contributed by atoms with Crippen molar-refractivity contribution in [3.63, 3.8) is 0 Å². The van der Waals surface area contributed by atoms with Crippen molar-refractivity contribution in [2.45, 2.75) is 6.92 Å². The summed E-state index contributed by atoms with van der Waals surface area (Å²) in [6.45, 7) is 1.56. The summed E-state index contributed by atoms with van der Waals surface area (Å²) >= 11 is 0. The van der Waals surface area contributed by atoms with Crippen LogP contribution in [0.2, 0.25) is 0 Å². The van der Waals surface area contributed by atoms with Gasteiger partial charge in [-0.1, -0.05) is 0 Å². The zero-order valence-corrected chi connectivity index (χ0v) is 7.88. The SMILES string of the molecule is CC(=O)/C(=C/N(C)C)N(C)C. The monoisotopic (exact) mass is 156 g/mol. The van der Waals surface area contributed by atoms with E-state index in [1.807, 2.05) is 44.2 Å². The van der Waals surface area contributed by atoms with Crippen LogP contribution in [0.3, 0.4) is 0 Å². The van der Waals surface area contributed by atoms with Crippen LogP contribution in [0, 0.1) is 0 Å². The maximum absolute atomic E-state index is 11.0. The third-order valence-corrected chi connectivity index (χ3v) is 1.22. The Hall–Kier alpha value is -0.990. The highest BCUT2D eigenvalue weighted by Gasteiger charge is 2.04. The van der Waals surface area contributed by atoms with E-state index in [9.17, 15) is 4.79 Å². The number of allylic oxidation sites excluding steroid dienone is 1. The largest absolute Gasteiger partial charge is 0.382 e. The molecule has 0 rings (SSSR count). The van der Waals surface area contributed by atoms with Gasteiger partial charge in [-0.05, 0) is 0 Å². The fraction of sp³-hybridized carbons (Fsp3) is 0.625. The van der Waals surface area contributed by atoms with E-state index in [1.54, 1.807) is 6.92 Å². The summed E-state index contributed by atoms with van der Waals surface area (Å²) in [5.41, 5.74) is 0.718. The van der Waals surface area contributed by atoms with E-state index >= 15 is 0 Å². The van der Waals surface area contributed by atoms with Gasteiger partial charge in [0.05, 0.1) is 5.70 Å². The van der Waals surface area contributed by atoms with Gasteiger partial charge in [0.25, 0.3) is 0 Å². The van der Waals surface area contributed by atoms with Crippen LogP contribution in [0.5, 0.6) is 0 Å². The predicted octanol–water partition coefficient (Wildman–Crippen LogP) is 0.540. The van der Waals surface area contributed by atoms with E-state index in [1.165, 1.54) is 0 Å². The zero-order chi connectivity index (χ0) is 9.02. The van der Waals surface area contributed by atoms with Crippen molar-refractivity contribution in [2.75, 3.05) is 28.2 Å². The maximum Gasteiger partial charge on any atom is 0.177 e. The highest BCUT2D eigenvalue weighted by Crippen LogP contribution is 1.99. The van der Waals surface area contributed by atoms with E-state index < -0.39 is 0 Å². The molecule has 11 heavy (non-hydrogen) atoms. The van der Waals surface area contributed by atoms with Crippen molar-refractivity contribution in [3.8, 4) is 0 Å². The molecule has 0 aromatic heterocycles. The predicted molar refractivity (Wildman–Crippen MR) is 46.1 cm³/mol. The lowest BCUT2D eigenvalue weighted by Gasteiger charge is -2.16. The number of Topliss-reactive ketones (excluding diaryl/α,β-unsaturated/α-hetero) is 1. The zero-order valence-electron chi connectivity index (χ0n) is 7.88. The summed E-state index contributed by atoms with van der Waals surface area (Å²) in [6, 6.07) is 0. The van der Waals surface area contributed by atoms with Gasteiger partial charge in [0.2, 0.25) is 0 Å². The van der Waals surface area contributed by atoms with Crippen LogP contribution in [0.15, 0.2) is 11.9 Å². The molecule has 3 nitrogen and oxygen atoms in total. The minimum atomic E-state index is 0.0868. The van der Waals surface area contributed by atoms with Crippen LogP contribution in [-0.4, -0.2) is 43.8 Å². The minimum Gasteiger partial charge on any atom is -0.382 e. The van der Waals surface area contributed by atoms with Gasteiger partial charge in [-0.3, -0.25) is 4.79 Å². The van der Waals surface area contributed by atoms with E-state index in [4.69, 9.17) is 0 Å². The van der Waals surface area contributed by atoms with Crippen LogP contribution < -0.4 is 0 Å². The molecule has 0 aromatic rings. The smallest absolute Gasteiger partial charge is 0.177 e. The van der Waals surface area contributed by atoms with Gasteiger partial charge in [0.1, 0.15) is 0 Å². The number of carbonyl (C=O) groups is 1. The Kier molecular flexibility index (Phi) is 3.65. The van der Waals surface area contributed by atoms with Crippen molar-refractivity contribution < 1.29 is 4.79 Å². The Morgan fingerprint density at radius 2 is 1.64 bits per heavy atom. The first-order chi connectivity index (χ1) is 4.95. The van der Waals surface area contributed by atoms with E-state index in [0.717, 1.165) is 5.70 Å². The Morgan fingerprint density at radius 3 is 1.73 bits per heavy atom. The molecule has 0 unspecified atom stereocenters. The van der Waals surface area contributed by atoms with Crippen LogP contribution in [-0.2, 0) is 4.79 Å². The topological polar surface area (TPSA) is 23.6 Å². The molecule has 3 heteroatoms. The summed E-state index contributed by atoms with van der Waals surface area (Å²) in [6.07, 6.45) is 1.81. The molecule has 0 radical (unpaired) electrons. The van der Waals surface area contributed by atoms with E-state index in [0.29, 0.717) is 0 Å². The molecule has 0 heterocycles. The number of likely N-dealkylation sites (N-methyl/N-ethyl adjacent to an activating group) is 1. The second-order valence-corrected chi connectivity index (χ2v) is 2.93. The molecule has 0 N–H and O–H groups in total. The maximum atomic E-state index is 11.0. The number of rotatable bonds is 3. The number of nitrogens with zero attached hydrogens (tertiary/aromatic N) is 2. The lowest BCUT2D eigenvalue weighted by atomic mass is 10.3. The Morgan fingerprint density at radius 1 is 1.18 bits per heavy atom. The van der Waals surface area contributed by atoms with Crippen LogP contribution in [0.4, 0.5) is 0 Å². The normalized spacial score (nSPS) is 11.2. The minimum absolute atomic E-state index is 0.0868. The summed E-state index contributed by atoms with van der Waals surface area (Å²) in [7, 11) is 7.51. The first-order valence-corrected chi connectivity index (χ1v) is 3.51. The summed E-state index contributed by atoms with van der Waals surface area (Å²) in [5.74, 6) is 0.0868. The van der Waals surface area contributed by atoms with Crippen molar-refractivity contribution in [1.29, 1.82) is 0 Å². The average Bonchev–Trinajstić information content (AvgIpc) is 1.81. The summed E-state index contributed by atoms with van der Waals surface area (Å²) < 4.78 is 0. The van der Waals surface area contributed by atoms with Gasteiger partial charge >= 0.3 is 0 Å². The molecule has 0 fully saturated rings. The summed E-state index contributed by atoms with van der Waals surface area (Å²) in [4.78, 5) is 14.6. The molecule has 0 saturated carbocycles. The van der Waals surface area contributed by atoms with Crippen LogP contribution in [0.25, 0.3) is 0 Å². The third kappa shape index (κ3) is 3.65. The molecule has 0 bridgehead atoms. The van der Waals surface area contributed by atoms with Gasteiger partial charge in [-0.25, -0.2) is 0 Å². The molecule has 0 aromatic carbocycles. The van der Waals surface area contributed by atoms with Crippen LogP contribution in [0.1, 0.15) is 6.92 Å². The van der Waals surface area contributed by atoms with E-state index in [-0.39, 0.29) is 5.78 Å². The summed E-state index contributed by atoms with van der Waals surface area (Å²) in [5, 5.41) is 0. The van der Waals surface area contributed by atoms with Gasteiger partial charge in [0, 0.05) is 41.3 Å². The van der Waals surface area contributed by atoms with Gasteiger partial charge < -0.3 is 9.80 Å². The molecular formula is C8H16N2O. The van der Waals surface area contributed by atoms with Gasteiger partial charge in [-0.2, -0.15) is 0 Å². The molecule has 0 saturated heterocycles. The number of hydrogen-bond donors (Lipinski definition) is 0. The molecule has 0 aliphatic heterocycles. The Bertz CT molecular complexity index is 171. The first-order valence-electron chi connectivity index (χ1n) is 3.51. The van der Waals surface area contributed by atoms with Crippen molar-refractivity contribution in [2.24, 2.45) is 0 Å². The molecule has 0 atom stereocenters. The lowest BCUT2D eigenvalue weighted by molar-refractivity contribution is -0.114. The fourth-order valence-corrected chi connectivity index (χ4v) is 0.766. The van der Waals surface area contributed by atoms with E-state index in [2.05, 4.69) is 0 Å². The first kappa shape index (κ1) is 10.0. The average molecular weight is 156 g/mol. The number of ketones is 1. The Labute approximate surface area is 68.3 Å². The van der Waals surface area contributed by atoms with Gasteiger partial charge in [0.15, 0.2) is 5.78 Å². The quantitative estimate of drug-likeness (QED) is 0.557. The molecule has 0 amide bonds. The fourth-order valence-electron chi connectivity index (χ4n) is 0.766. The highest BCUT2D eigenvalue weighted by molar-refractivity contribution is 5.92. The molecular weight excluding hydrogens is 140 g/mol. The van der Waals surface area contributed by atoms with Crippen molar-refractivity contribution in [1.82, 2.24) is 9.80 Å². The Balaban J connectivity index is 4.47. The highest BCUT2D eigenvalue weighted by atomic mass is 16.1. The van der Waals surface area contributed by atoms with Crippen molar-refractivity contribution in [3.05, 3.63) is 11.9 Å². The second-order valence-electron chi connectivity index (χ2n) is 2.93. The third-order valence-electron chi connectivity index (χ3n) is 1.22. The van der Waals surface area contributed by atoms with Gasteiger partial charge in [-0.15, -0.1) is 0 Å². The lowest BCUT2D eigenvalue weighted by Crippen LogP contribution is -2.20. The molecule has 64 valence electrons. The van der Waals surface area contributed by atoms with Crippen LogP contribution >= 0.6 is 0 Å². The molecule has 0 aliphatic carbocycles. The number of carbonyl (C=O) groups excluding carboxylic acids is 1.